The first-order valence-corrected chi connectivity index (χ1v) is 9.75. The van der Waals surface area contributed by atoms with E-state index in [9.17, 15) is 4.39 Å². The number of benzene rings is 1. The maximum Gasteiger partial charge on any atom is 0.126 e. The van der Waals surface area contributed by atoms with Gasteiger partial charge in [0.05, 0.1) is 11.4 Å². The van der Waals surface area contributed by atoms with Gasteiger partial charge in [0.2, 0.25) is 0 Å². The predicted octanol–water partition coefficient (Wildman–Crippen LogP) is 6.13. The van der Waals surface area contributed by atoms with Gasteiger partial charge in [-0.05, 0) is 55.4 Å². The lowest BCUT2D eigenvalue weighted by atomic mass is 9.78. The quantitative estimate of drug-likeness (QED) is 0.632. The van der Waals surface area contributed by atoms with E-state index in [0.29, 0.717) is 5.56 Å². The van der Waals surface area contributed by atoms with Crippen molar-refractivity contribution in [2.75, 3.05) is 0 Å². The summed E-state index contributed by atoms with van der Waals surface area (Å²) < 4.78 is 13.7. The van der Waals surface area contributed by atoms with E-state index in [1.54, 1.807) is 13.0 Å². The van der Waals surface area contributed by atoms with Gasteiger partial charge in [-0.3, -0.25) is 0 Å². The summed E-state index contributed by atoms with van der Waals surface area (Å²) in [5.74, 6) is 1.62. The van der Waals surface area contributed by atoms with Crippen LogP contribution < -0.4 is 0 Å². The minimum atomic E-state index is -0.193. The first-order valence-electron chi connectivity index (χ1n) is 9.75. The van der Waals surface area contributed by atoms with Crippen molar-refractivity contribution < 1.29 is 4.39 Å². The number of aryl methyl sites for hydroxylation is 2. The Morgan fingerprint density at radius 1 is 0.960 bits per heavy atom. The largest absolute Gasteiger partial charge is 0.207 e. The Bertz CT molecular complexity index is 673. The molecule has 2 nitrogen and oxygen atoms in total. The molecule has 1 aromatic carbocycles. The van der Waals surface area contributed by atoms with Crippen molar-refractivity contribution in [3.8, 4) is 11.3 Å². The van der Waals surface area contributed by atoms with Crippen molar-refractivity contribution in [2.45, 2.75) is 65.2 Å². The summed E-state index contributed by atoms with van der Waals surface area (Å²) >= 11 is 0. The molecule has 1 fully saturated rings. The summed E-state index contributed by atoms with van der Waals surface area (Å²) in [4.78, 5) is 0. The molecule has 2 aromatic rings. The van der Waals surface area contributed by atoms with E-state index < -0.39 is 0 Å². The molecule has 25 heavy (non-hydrogen) atoms. The van der Waals surface area contributed by atoms with E-state index in [-0.39, 0.29) is 5.82 Å². The standard InChI is InChI=1S/C22H29FN2/c1-3-4-17-6-8-18(9-7-17)10-12-20-13-14-22(25-24-20)19-11-5-16(2)21(23)15-19/h5,11,13-15,17-18H,3-4,6-10,12H2,1-2H3. The molecule has 0 amide bonds. The maximum absolute atomic E-state index is 13.7. The molecule has 0 atom stereocenters. The molecule has 0 radical (unpaired) electrons. The molecular formula is C22H29FN2. The predicted molar refractivity (Wildman–Crippen MR) is 101 cm³/mol. The summed E-state index contributed by atoms with van der Waals surface area (Å²) in [7, 11) is 0. The second-order valence-electron chi connectivity index (χ2n) is 7.59. The van der Waals surface area contributed by atoms with E-state index in [1.807, 2.05) is 18.2 Å². The van der Waals surface area contributed by atoms with E-state index in [1.165, 1.54) is 51.0 Å². The van der Waals surface area contributed by atoms with Crippen LogP contribution in [0.4, 0.5) is 4.39 Å². The van der Waals surface area contributed by atoms with Crippen molar-refractivity contribution in [3.05, 3.63) is 47.4 Å². The highest BCUT2D eigenvalue weighted by Gasteiger charge is 2.20. The fraction of sp³-hybridized carbons (Fsp3) is 0.545. The molecule has 0 spiro atoms. The van der Waals surface area contributed by atoms with Gasteiger partial charge in [0, 0.05) is 5.56 Å². The molecule has 3 rings (SSSR count). The first-order chi connectivity index (χ1) is 12.2. The highest BCUT2D eigenvalue weighted by atomic mass is 19.1. The molecule has 0 N–H and O–H groups in total. The molecule has 134 valence electrons. The zero-order valence-electron chi connectivity index (χ0n) is 15.5. The third-order valence-corrected chi connectivity index (χ3v) is 5.66. The van der Waals surface area contributed by atoms with Gasteiger partial charge in [-0.15, -0.1) is 0 Å². The normalized spacial score (nSPS) is 20.6. The van der Waals surface area contributed by atoms with Crippen LogP contribution in [0.3, 0.4) is 0 Å². The number of aromatic nitrogens is 2. The van der Waals surface area contributed by atoms with Crippen LogP contribution in [0.1, 0.15) is 63.1 Å². The topological polar surface area (TPSA) is 25.8 Å². The lowest BCUT2D eigenvalue weighted by molar-refractivity contribution is 0.252. The van der Waals surface area contributed by atoms with Gasteiger partial charge in [0.15, 0.2) is 0 Å². The van der Waals surface area contributed by atoms with Crippen LogP contribution in [0.15, 0.2) is 30.3 Å². The monoisotopic (exact) mass is 340 g/mol. The molecule has 1 saturated carbocycles. The molecule has 0 aliphatic heterocycles. The Morgan fingerprint density at radius 3 is 2.28 bits per heavy atom. The molecule has 3 heteroatoms. The fourth-order valence-electron chi connectivity index (χ4n) is 3.97. The number of nitrogens with zero attached hydrogens (tertiary/aromatic N) is 2. The Labute approximate surface area is 150 Å². The lowest BCUT2D eigenvalue weighted by Crippen LogP contribution is -2.15. The Kier molecular flexibility index (Phi) is 6.17. The van der Waals surface area contributed by atoms with Crippen LogP contribution in [0.25, 0.3) is 11.3 Å². The second-order valence-corrected chi connectivity index (χ2v) is 7.59. The van der Waals surface area contributed by atoms with Crippen LogP contribution in [0.2, 0.25) is 0 Å². The van der Waals surface area contributed by atoms with E-state index in [0.717, 1.165) is 35.2 Å². The third-order valence-electron chi connectivity index (χ3n) is 5.66. The average molecular weight is 340 g/mol. The average Bonchev–Trinajstić information content (AvgIpc) is 2.64. The van der Waals surface area contributed by atoms with Crippen LogP contribution >= 0.6 is 0 Å². The van der Waals surface area contributed by atoms with E-state index >= 15 is 0 Å². The number of hydrogen-bond acceptors (Lipinski definition) is 2. The minimum Gasteiger partial charge on any atom is -0.207 e. The Balaban J connectivity index is 1.52. The molecule has 1 aliphatic carbocycles. The summed E-state index contributed by atoms with van der Waals surface area (Å²) in [5.41, 5.74) is 3.23. The van der Waals surface area contributed by atoms with Crippen LogP contribution in [0, 0.1) is 24.6 Å². The van der Waals surface area contributed by atoms with Crippen molar-refractivity contribution in [1.82, 2.24) is 10.2 Å². The van der Waals surface area contributed by atoms with Gasteiger partial charge in [-0.2, -0.15) is 10.2 Å². The zero-order valence-corrected chi connectivity index (χ0v) is 15.5. The molecule has 1 aliphatic rings. The molecule has 0 bridgehead atoms. The molecule has 0 saturated heterocycles. The van der Waals surface area contributed by atoms with Gasteiger partial charge < -0.3 is 0 Å². The van der Waals surface area contributed by atoms with Crippen molar-refractivity contribution in [1.29, 1.82) is 0 Å². The van der Waals surface area contributed by atoms with E-state index in [4.69, 9.17) is 0 Å². The Hall–Kier alpha value is -1.77. The van der Waals surface area contributed by atoms with Gasteiger partial charge in [-0.25, -0.2) is 4.39 Å². The smallest absolute Gasteiger partial charge is 0.126 e. The molecular weight excluding hydrogens is 311 g/mol. The van der Waals surface area contributed by atoms with Gasteiger partial charge in [0.25, 0.3) is 0 Å². The van der Waals surface area contributed by atoms with Crippen LogP contribution in [-0.2, 0) is 6.42 Å². The zero-order chi connectivity index (χ0) is 17.6. The lowest BCUT2D eigenvalue weighted by Gasteiger charge is -2.28. The van der Waals surface area contributed by atoms with Crippen LogP contribution in [-0.4, -0.2) is 10.2 Å². The molecule has 0 unspecified atom stereocenters. The molecule has 1 aromatic heterocycles. The second kappa shape index (κ2) is 8.55. The first kappa shape index (κ1) is 18.0. The summed E-state index contributed by atoms with van der Waals surface area (Å²) in [6.45, 7) is 4.06. The number of halogens is 1. The number of rotatable bonds is 6. The fourth-order valence-corrected chi connectivity index (χ4v) is 3.97. The highest BCUT2D eigenvalue weighted by molar-refractivity contribution is 5.59. The number of hydrogen-bond donors (Lipinski definition) is 0. The maximum atomic E-state index is 13.7. The molecule has 1 heterocycles. The highest BCUT2D eigenvalue weighted by Crippen LogP contribution is 2.33. The van der Waals surface area contributed by atoms with Gasteiger partial charge in [-0.1, -0.05) is 57.6 Å². The van der Waals surface area contributed by atoms with Crippen LogP contribution in [0.5, 0.6) is 0 Å². The van der Waals surface area contributed by atoms with Gasteiger partial charge in [0.1, 0.15) is 5.82 Å². The van der Waals surface area contributed by atoms with Crippen molar-refractivity contribution >= 4 is 0 Å². The SMILES string of the molecule is CCCC1CCC(CCc2ccc(-c3ccc(C)c(F)c3)nn2)CC1. The summed E-state index contributed by atoms with van der Waals surface area (Å²) in [6.07, 6.45) is 10.5. The van der Waals surface area contributed by atoms with Crippen molar-refractivity contribution in [2.24, 2.45) is 11.8 Å². The summed E-state index contributed by atoms with van der Waals surface area (Å²) in [5, 5.41) is 8.67. The third kappa shape index (κ3) is 4.87. The minimum absolute atomic E-state index is 0.193. The van der Waals surface area contributed by atoms with E-state index in [2.05, 4.69) is 17.1 Å². The Morgan fingerprint density at radius 2 is 1.68 bits per heavy atom. The summed E-state index contributed by atoms with van der Waals surface area (Å²) in [6, 6.07) is 9.23. The van der Waals surface area contributed by atoms with Crippen molar-refractivity contribution in [3.63, 3.8) is 0 Å². The van der Waals surface area contributed by atoms with Gasteiger partial charge >= 0.3 is 0 Å².